The molecule has 0 aliphatic rings. The summed E-state index contributed by atoms with van der Waals surface area (Å²) in [7, 11) is 3.51. The van der Waals surface area contributed by atoms with Crippen LogP contribution < -0.4 is 20.9 Å². The van der Waals surface area contributed by atoms with Crippen LogP contribution in [0.2, 0.25) is 5.02 Å². The summed E-state index contributed by atoms with van der Waals surface area (Å²) >= 11 is 5.87. The Morgan fingerprint density at radius 2 is 2.05 bits per heavy atom. The number of hydrogen-bond donors (Lipinski definition) is 2. The van der Waals surface area contributed by atoms with Crippen molar-refractivity contribution in [3.05, 3.63) is 29.0 Å². The van der Waals surface area contributed by atoms with Gasteiger partial charge in [0.25, 0.3) is 0 Å². The lowest BCUT2D eigenvalue weighted by molar-refractivity contribution is 0.439. The molecule has 0 spiro atoms. The van der Waals surface area contributed by atoms with Gasteiger partial charge in [-0.2, -0.15) is 15.0 Å². The molecule has 0 unspecified atom stereocenters. The number of nitrogens with two attached hydrogens (primary N) is 1. The summed E-state index contributed by atoms with van der Waals surface area (Å²) in [5, 5.41) is 0.110. The van der Waals surface area contributed by atoms with Crippen molar-refractivity contribution in [1.82, 2.24) is 15.0 Å². The molecule has 0 aliphatic carbocycles. The van der Waals surface area contributed by atoms with Crippen molar-refractivity contribution in [3.63, 3.8) is 0 Å². The van der Waals surface area contributed by atoms with Gasteiger partial charge in [0.1, 0.15) is 11.6 Å². The first kappa shape index (κ1) is 14.2. The van der Waals surface area contributed by atoms with Crippen LogP contribution in [0, 0.1) is 5.82 Å². The van der Waals surface area contributed by atoms with Crippen LogP contribution in [0.4, 0.5) is 16.3 Å². The van der Waals surface area contributed by atoms with Crippen LogP contribution in [0.15, 0.2) is 18.2 Å². The van der Waals surface area contributed by atoms with Gasteiger partial charge in [0, 0.05) is 14.1 Å². The molecular formula is C11H12ClFN6O. The Morgan fingerprint density at radius 3 is 2.65 bits per heavy atom. The standard InChI is InChI=1S/C11H12ClFN6O/c1-19(2)10-15-9(18-14)16-11(17-10)20-8-4-3-6(13)5-7(8)12/h3-5H,14H2,1-2H3,(H,15,16,17,18). The van der Waals surface area contributed by atoms with Crippen LogP contribution in [-0.4, -0.2) is 29.0 Å². The highest BCUT2D eigenvalue weighted by Gasteiger charge is 2.11. The highest BCUT2D eigenvalue weighted by Crippen LogP contribution is 2.28. The summed E-state index contributed by atoms with van der Waals surface area (Å²) < 4.78 is 18.4. The maximum absolute atomic E-state index is 13.0. The lowest BCUT2D eigenvalue weighted by Crippen LogP contribution is -2.17. The van der Waals surface area contributed by atoms with Gasteiger partial charge in [-0.05, 0) is 18.2 Å². The third kappa shape index (κ3) is 3.22. The fourth-order valence-electron chi connectivity index (χ4n) is 1.31. The van der Waals surface area contributed by atoms with Crippen molar-refractivity contribution in [1.29, 1.82) is 0 Å². The molecule has 0 fully saturated rings. The number of rotatable bonds is 4. The van der Waals surface area contributed by atoms with Gasteiger partial charge in [-0.3, -0.25) is 5.43 Å². The number of hydrogen-bond acceptors (Lipinski definition) is 7. The zero-order valence-electron chi connectivity index (χ0n) is 10.8. The summed E-state index contributed by atoms with van der Waals surface area (Å²) in [6, 6.07) is 3.72. The zero-order valence-corrected chi connectivity index (χ0v) is 11.5. The molecule has 0 bridgehead atoms. The van der Waals surface area contributed by atoms with E-state index in [9.17, 15) is 4.39 Å². The maximum atomic E-state index is 13.0. The van der Waals surface area contributed by atoms with Gasteiger partial charge in [-0.15, -0.1) is 0 Å². The number of nitrogens with zero attached hydrogens (tertiary/aromatic N) is 4. The Balaban J connectivity index is 2.34. The lowest BCUT2D eigenvalue weighted by Gasteiger charge is -2.12. The Hall–Kier alpha value is -2.19. The number of nitrogens with one attached hydrogen (secondary N) is 1. The second-order valence-electron chi connectivity index (χ2n) is 3.96. The summed E-state index contributed by atoms with van der Waals surface area (Å²) in [4.78, 5) is 13.7. The fraction of sp³-hybridized carbons (Fsp3) is 0.182. The average molecular weight is 299 g/mol. The van der Waals surface area contributed by atoms with E-state index >= 15 is 0 Å². The first-order valence-corrected chi connectivity index (χ1v) is 5.90. The van der Waals surface area contributed by atoms with Gasteiger partial charge in [0.05, 0.1) is 5.02 Å². The van der Waals surface area contributed by atoms with E-state index in [1.165, 1.54) is 12.1 Å². The maximum Gasteiger partial charge on any atom is 0.328 e. The molecule has 0 aliphatic heterocycles. The van der Waals surface area contributed by atoms with Gasteiger partial charge < -0.3 is 9.64 Å². The van der Waals surface area contributed by atoms with E-state index in [0.717, 1.165) is 6.07 Å². The molecule has 1 heterocycles. The normalized spacial score (nSPS) is 10.2. The predicted octanol–water partition coefficient (Wildman–Crippen LogP) is 1.81. The second-order valence-corrected chi connectivity index (χ2v) is 4.36. The van der Waals surface area contributed by atoms with E-state index in [2.05, 4.69) is 20.4 Å². The summed E-state index contributed by atoms with van der Waals surface area (Å²) in [6.07, 6.45) is 0. The van der Waals surface area contributed by atoms with E-state index < -0.39 is 5.82 Å². The number of aromatic nitrogens is 3. The van der Waals surface area contributed by atoms with Crippen LogP contribution >= 0.6 is 11.6 Å². The lowest BCUT2D eigenvalue weighted by atomic mass is 10.3. The monoisotopic (exact) mass is 298 g/mol. The molecule has 106 valence electrons. The highest BCUT2D eigenvalue weighted by atomic mass is 35.5. The fourth-order valence-corrected chi connectivity index (χ4v) is 1.52. The van der Waals surface area contributed by atoms with Crippen molar-refractivity contribution in [3.8, 4) is 11.8 Å². The van der Waals surface area contributed by atoms with Crippen molar-refractivity contribution in [2.75, 3.05) is 24.4 Å². The molecule has 1 aromatic heterocycles. The topological polar surface area (TPSA) is 89.2 Å². The van der Waals surface area contributed by atoms with Gasteiger partial charge in [0.15, 0.2) is 0 Å². The van der Waals surface area contributed by atoms with Crippen molar-refractivity contribution >= 4 is 23.5 Å². The van der Waals surface area contributed by atoms with Gasteiger partial charge in [0.2, 0.25) is 11.9 Å². The molecule has 20 heavy (non-hydrogen) atoms. The molecule has 0 radical (unpaired) electrons. The van der Waals surface area contributed by atoms with Crippen LogP contribution in [0.25, 0.3) is 0 Å². The number of halogens is 2. The van der Waals surface area contributed by atoms with Gasteiger partial charge in [-0.25, -0.2) is 10.2 Å². The molecule has 2 aromatic rings. The van der Waals surface area contributed by atoms with E-state index in [1.54, 1.807) is 19.0 Å². The number of ether oxygens (including phenoxy) is 1. The predicted molar refractivity (Wildman–Crippen MR) is 73.4 cm³/mol. The summed E-state index contributed by atoms with van der Waals surface area (Å²) in [5.74, 6) is 5.53. The van der Waals surface area contributed by atoms with Gasteiger partial charge in [-0.1, -0.05) is 11.6 Å². The summed E-state index contributed by atoms with van der Waals surface area (Å²) in [5.41, 5.74) is 2.31. The van der Waals surface area contributed by atoms with Crippen LogP contribution in [-0.2, 0) is 0 Å². The van der Waals surface area contributed by atoms with Gasteiger partial charge >= 0.3 is 6.01 Å². The molecule has 7 nitrogen and oxygen atoms in total. The van der Waals surface area contributed by atoms with Crippen LogP contribution in [0.3, 0.4) is 0 Å². The van der Waals surface area contributed by atoms with Crippen LogP contribution in [0.5, 0.6) is 11.8 Å². The molecule has 0 saturated carbocycles. The van der Waals surface area contributed by atoms with Crippen molar-refractivity contribution < 1.29 is 9.13 Å². The number of benzene rings is 1. The second kappa shape index (κ2) is 5.85. The molecule has 0 saturated heterocycles. The number of nitrogen functional groups attached to an aromatic ring is 1. The Kier molecular flexibility index (Phi) is 4.16. The third-order valence-corrected chi connectivity index (χ3v) is 2.52. The largest absolute Gasteiger partial charge is 0.423 e. The number of anilines is 2. The number of hydrazine groups is 1. The van der Waals surface area contributed by atoms with E-state index in [1.807, 2.05) is 0 Å². The minimum Gasteiger partial charge on any atom is -0.423 e. The molecule has 0 amide bonds. The molecule has 1 aromatic carbocycles. The third-order valence-electron chi connectivity index (χ3n) is 2.23. The van der Waals surface area contributed by atoms with Crippen LogP contribution in [0.1, 0.15) is 0 Å². The first-order chi connectivity index (χ1) is 9.49. The molecule has 2 rings (SSSR count). The Morgan fingerprint density at radius 1 is 1.30 bits per heavy atom. The van der Waals surface area contributed by atoms with E-state index in [0.29, 0.717) is 5.95 Å². The average Bonchev–Trinajstić information content (AvgIpc) is 2.41. The van der Waals surface area contributed by atoms with Crippen molar-refractivity contribution in [2.45, 2.75) is 0 Å². The Labute approximate surface area is 119 Å². The molecule has 0 atom stereocenters. The quantitative estimate of drug-likeness (QED) is 0.657. The Bertz CT molecular complexity index is 624. The smallest absolute Gasteiger partial charge is 0.328 e. The minimum atomic E-state index is -0.462. The SMILES string of the molecule is CN(C)c1nc(NN)nc(Oc2ccc(F)cc2Cl)n1. The molecule has 3 N–H and O–H groups in total. The highest BCUT2D eigenvalue weighted by molar-refractivity contribution is 6.32. The van der Waals surface area contributed by atoms with E-state index in [-0.39, 0.29) is 22.7 Å². The van der Waals surface area contributed by atoms with E-state index in [4.69, 9.17) is 22.2 Å². The first-order valence-electron chi connectivity index (χ1n) is 5.52. The zero-order chi connectivity index (χ0) is 14.7. The molecular weight excluding hydrogens is 287 g/mol. The van der Waals surface area contributed by atoms with Crippen molar-refractivity contribution in [2.24, 2.45) is 5.84 Å². The molecule has 9 heteroatoms. The summed E-state index contributed by atoms with van der Waals surface area (Å²) in [6.45, 7) is 0. The minimum absolute atomic E-state index is 0.00911.